The molecule has 0 amide bonds. The van der Waals surface area contributed by atoms with Crippen LogP contribution in [0.3, 0.4) is 0 Å². The van der Waals surface area contributed by atoms with Crippen LogP contribution < -0.4 is 10.5 Å². The van der Waals surface area contributed by atoms with E-state index in [1.807, 2.05) is 0 Å². The van der Waals surface area contributed by atoms with Crippen molar-refractivity contribution in [1.82, 2.24) is 29.7 Å². The molecule has 0 aromatic carbocycles. The number of rotatable bonds is 4. The third-order valence-corrected chi connectivity index (χ3v) is 2.67. The van der Waals surface area contributed by atoms with E-state index < -0.39 is 0 Å². The normalized spacial score (nSPS) is 18.6. The maximum atomic E-state index is 5.61. The lowest BCUT2D eigenvalue weighted by Crippen LogP contribution is -2.18. The molecular weight excluding hydrogens is 250 g/mol. The Morgan fingerprint density at radius 2 is 2.37 bits per heavy atom. The first kappa shape index (κ1) is 11.8. The maximum Gasteiger partial charge on any atom is 0.323 e. The van der Waals surface area contributed by atoms with Crippen LogP contribution in [0.5, 0.6) is 6.01 Å². The number of nitrogens with two attached hydrogens (primary N) is 1. The summed E-state index contributed by atoms with van der Waals surface area (Å²) in [7, 11) is 0. The van der Waals surface area contributed by atoms with Gasteiger partial charge in [0.15, 0.2) is 0 Å². The molecule has 0 radical (unpaired) electrons. The maximum absolute atomic E-state index is 5.61. The van der Waals surface area contributed by atoms with E-state index in [9.17, 15) is 0 Å². The highest BCUT2D eigenvalue weighted by molar-refractivity contribution is 5.23. The molecule has 1 saturated heterocycles. The van der Waals surface area contributed by atoms with Gasteiger partial charge < -0.3 is 15.2 Å². The smallest absolute Gasteiger partial charge is 0.323 e. The lowest BCUT2D eigenvalue weighted by Gasteiger charge is -2.10. The summed E-state index contributed by atoms with van der Waals surface area (Å²) in [6.45, 7) is 1.18. The Labute approximate surface area is 108 Å². The van der Waals surface area contributed by atoms with Crippen LogP contribution in [0.25, 0.3) is 5.95 Å². The quantitative estimate of drug-likeness (QED) is 0.792. The van der Waals surface area contributed by atoms with Gasteiger partial charge in [-0.2, -0.15) is 24.7 Å². The molecule has 1 aliphatic rings. The molecule has 3 heterocycles. The molecule has 1 fully saturated rings. The van der Waals surface area contributed by atoms with Gasteiger partial charge in [-0.3, -0.25) is 0 Å². The number of aromatic nitrogens is 6. The van der Waals surface area contributed by atoms with Crippen molar-refractivity contribution in [3.63, 3.8) is 0 Å². The van der Waals surface area contributed by atoms with Crippen LogP contribution in [0.4, 0.5) is 5.95 Å². The summed E-state index contributed by atoms with van der Waals surface area (Å²) >= 11 is 0. The Balaban J connectivity index is 1.74. The minimum atomic E-state index is 0.0721. The van der Waals surface area contributed by atoms with Crippen molar-refractivity contribution in [2.45, 2.75) is 18.9 Å². The molecule has 2 aromatic rings. The van der Waals surface area contributed by atoms with Crippen LogP contribution in [0.1, 0.15) is 12.8 Å². The lowest BCUT2D eigenvalue weighted by atomic mass is 10.2. The average Bonchev–Trinajstić information content (AvgIpc) is 3.09. The van der Waals surface area contributed by atoms with Gasteiger partial charge in [0.05, 0.1) is 6.10 Å². The molecule has 19 heavy (non-hydrogen) atoms. The van der Waals surface area contributed by atoms with Gasteiger partial charge in [0.25, 0.3) is 5.95 Å². The van der Waals surface area contributed by atoms with Crippen LogP contribution in [0, 0.1) is 0 Å². The molecule has 1 aliphatic heterocycles. The first-order chi connectivity index (χ1) is 9.31. The molecule has 0 spiro atoms. The summed E-state index contributed by atoms with van der Waals surface area (Å²) in [6, 6.07) is 0.161. The van der Waals surface area contributed by atoms with Crippen molar-refractivity contribution in [3.05, 3.63) is 12.7 Å². The van der Waals surface area contributed by atoms with Gasteiger partial charge in [-0.05, 0) is 12.8 Å². The van der Waals surface area contributed by atoms with E-state index in [2.05, 4.69) is 25.0 Å². The van der Waals surface area contributed by atoms with Crippen molar-refractivity contribution in [3.8, 4) is 12.0 Å². The highest BCUT2D eigenvalue weighted by Gasteiger charge is 2.17. The van der Waals surface area contributed by atoms with Gasteiger partial charge in [-0.1, -0.05) is 0 Å². The third kappa shape index (κ3) is 2.76. The van der Waals surface area contributed by atoms with Crippen molar-refractivity contribution < 1.29 is 9.47 Å². The molecule has 9 nitrogen and oxygen atoms in total. The summed E-state index contributed by atoms with van der Waals surface area (Å²) in [5.41, 5.74) is 5.61. The zero-order valence-electron chi connectivity index (χ0n) is 10.1. The summed E-state index contributed by atoms with van der Waals surface area (Å²) in [5.74, 6) is 0.343. The van der Waals surface area contributed by atoms with E-state index in [1.54, 1.807) is 0 Å². The van der Waals surface area contributed by atoms with Gasteiger partial charge in [-0.15, -0.1) is 0 Å². The molecule has 1 atom stereocenters. The topological polar surface area (TPSA) is 114 Å². The highest BCUT2D eigenvalue weighted by atomic mass is 16.5. The SMILES string of the molecule is Nc1nc(OCC2CCCO2)nc(-n2cncn2)n1. The molecule has 9 heteroatoms. The van der Waals surface area contributed by atoms with Gasteiger partial charge in [0.2, 0.25) is 5.95 Å². The minimum absolute atomic E-state index is 0.0721. The fourth-order valence-electron chi connectivity index (χ4n) is 1.78. The number of nitrogen functional groups attached to an aromatic ring is 1. The van der Waals surface area contributed by atoms with E-state index in [1.165, 1.54) is 17.3 Å². The van der Waals surface area contributed by atoms with Crippen molar-refractivity contribution in [1.29, 1.82) is 0 Å². The summed E-state index contributed by atoms with van der Waals surface area (Å²) in [6.07, 6.45) is 4.98. The fourth-order valence-corrected chi connectivity index (χ4v) is 1.78. The van der Waals surface area contributed by atoms with Crippen LogP contribution >= 0.6 is 0 Å². The van der Waals surface area contributed by atoms with Gasteiger partial charge in [-0.25, -0.2) is 4.98 Å². The second kappa shape index (κ2) is 5.14. The fraction of sp³-hybridized carbons (Fsp3) is 0.500. The molecule has 0 saturated carbocycles. The Bertz CT molecular complexity index is 539. The van der Waals surface area contributed by atoms with Gasteiger partial charge in [0, 0.05) is 6.61 Å². The average molecular weight is 263 g/mol. The molecule has 2 aromatic heterocycles. The molecule has 100 valence electrons. The number of ether oxygens (including phenoxy) is 2. The van der Waals surface area contributed by atoms with Gasteiger partial charge in [0.1, 0.15) is 19.3 Å². The number of hydrogen-bond acceptors (Lipinski definition) is 8. The van der Waals surface area contributed by atoms with E-state index in [0.29, 0.717) is 6.61 Å². The monoisotopic (exact) mass is 263 g/mol. The Morgan fingerprint density at radius 3 is 3.11 bits per heavy atom. The minimum Gasteiger partial charge on any atom is -0.461 e. The zero-order valence-corrected chi connectivity index (χ0v) is 10.1. The summed E-state index contributed by atoms with van der Waals surface area (Å²) in [5, 5.41) is 3.92. The van der Waals surface area contributed by atoms with Gasteiger partial charge >= 0.3 is 6.01 Å². The Morgan fingerprint density at radius 1 is 1.42 bits per heavy atom. The summed E-state index contributed by atoms with van der Waals surface area (Å²) < 4.78 is 12.3. The second-order valence-electron chi connectivity index (χ2n) is 4.06. The molecule has 2 N–H and O–H groups in total. The Hall–Kier alpha value is -2.29. The molecule has 1 unspecified atom stereocenters. The van der Waals surface area contributed by atoms with Crippen LogP contribution in [0.2, 0.25) is 0 Å². The second-order valence-corrected chi connectivity index (χ2v) is 4.06. The first-order valence-electron chi connectivity index (χ1n) is 5.92. The largest absolute Gasteiger partial charge is 0.461 e. The summed E-state index contributed by atoms with van der Waals surface area (Å²) in [4.78, 5) is 15.8. The van der Waals surface area contributed by atoms with E-state index in [0.717, 1.165) is 19.4 Å². The molecule has 0 bridgehead atoms. The molecule has 3 rings (SSSR count). The van der Waals surface area contributed by atoms with E-state index in [4.69, 9.17) is 15.2 Å². The molecular formula is C10H13N7O2. The third-order valence-electron chi connectivity index (χ3n) is 2.67. The first-order valence-corrected chi connectivity index (χ1v) is 5.92. The standard InChI is InChI=1S/C10H13N7O2/c11-8-14-9(17-6-12-5-13-17)16-10(15-8)19-4-7-2-1-3-18-7/h5-7H,1-4H2,(H2,11,14,15,16). The number of nitrogens with zero attached hydrogens (tertiary/aromatic N) is 6. The predicted molar refractivity (Wildman–Crippen MR) is 63.6 cm³/mol. The predicted octanol–water partition coefficient (Wildman–Crippen LogP) is -0.408. The van der Waals surface area contributed by atoms with Crippen molar-refractivity contribution in [2.75, 3.05) is 18.9 Å². The highest BCUT2D eigenvalue weighted by Crippen LogP contribution is 2.14. The van der Waals surface area contributed by atoms with Crippen LogP contribution in [0.15, 0.2) is 12.7 Å². The van der Waals surface area contributed by atoms with Crippen LogP contribution in [-0.4, -0.2) is 49.0 Å². The van der Waals surface area contributed by atoms with Crippen molar-refractivity contribution in [2.24, 2.45) is 0 Å². The van der Waals surface area contributed by atoms with E-state index in [-0.39, 0.29) is 24.0 Å². The van der Waals surface area contributed by atoms with Crippen LogP contribution in [-0.2, 0) is 4.74 Å². The zero-order chi connectivity index (χ0) is 13.1. The number of hydrogen-bond donors (Lipinski definition) is 1. The van der Waals surface area contributed by atoms with E-state index >= 15 is 0 Å². The lowest BCUT2D eigenvalue weighted by molar-refractivity contribution is 0.0645. The number of anilines is 1. The molecule has 0 aliphatic carbocycles. The Kier molecular flexibility index (Phi) is 3.19. The van der Waals surface area contributed by atoms with Crippen molar-refractivity contribution >= 4 is 5.95 Å².